The Hall–Kier alpha value is -0.910. The number of carbonyl (C=O) groups is 1. The number of halogens is 1. The predicted octanol–water partition coefficient (Wildman–Crippen LogP) is 1.83. The quantitative estimate of drug-likeness (QED) is 0.922. The first-order chi connectivity index (χ1) is 9.06. The van der Waals surface area contributed by atoms with E-state index in [0.29, 0.717) is 25.6 Å². The van der Waals surface area contributed by atoms with Crippen molar-refractivity contribution in [3.8, 4) is 0 Å². The number of hydrogen-bond acceptors (Lipinski definition) is 3. The number of piperazine rings is 1. The van der Waals surface area contributed by atoms with Gasteiger partial charge < -0.3 is 10.6 Å². The average Bonchev–Trinajstić information content (AvgIpc) is 2.40. The molecule has 1 aliphatic heterocycles. The second-order valence-electron chi connectivity index (χ2n) is 5.01. The molecule has 1 amide bonds. The normalized spacial score (nSPS) is 24.8. The van der Waals surface area contributed by atoms with Crippen LogP contribution >= 0.6 is 15.9 Å². The van der Waals surface area contributed by atoms with Gasteiger partial charge in [-0.2, -0.15) is 0 Å². The van der Waals surface area contributed by atoms with E-state index in [9.17, 15) is 4.79 Å². The summed E-state index contributed by atoms with van der Waals surface area (Å²) in [6.45, 7) is 3.37. The Morgan fingerprint density at radius 2 is 2.11 bits per heavy atom. The van der Waals surface area contributed by atoms with Crippen LogP contribution in [0.3, 0.4) is 0 Å². The molecule has 104 valence electrons. The highest BCUT2D eigenvalue weighted by Gasteiger charge is 2.37. The molecule has 5 heteroatoms. The Kier molecular flexibility index (Phi) is 4.60. The lowest BCUT2D eigenvalue weighted by molar-refractivity contribution is -0.126. The topological polar surface area (TPSA) is 49.6 Å². The predicted molar refractivity (Wildman–Crippen MR) is 81.2 cm³/mol. The third kappa shape index (κ3) is 2.83. The van der Waals surface area contributed by atoms with E-state index in [1.54, 1.807) is 0 Å². The first kappa shape index (κ1) is 14.5. The van der Waals surface area contributed by atoms with Gasteiger partial charge in [0.15, 0.2) is 0 Å². The number of hydrogen-bond donors (Lipinski definition) is 1. The van der Waals surface area contributed by atoms with Gasteiger partial charge in [-0.3, -0.25) is 9.69 Å². The molecule has 0 radical (unpaired) electrons. The molecule has 2 N–H and O–H groups in total. The molecule has 1 aliphatic rings. The standard InChI is InChI=1S/C14H20BrN3O/c1-10-9-18(12-6-4-3-5-11(12)15)14(19)13(7-8-16)17(10)2/h3-6,10,13H,7-9,16H2,1-2H3. The molecule has 2 atom stereocenters. The molecule has 1 aromatic carbocycles. The van der Waals surface area contributed by atoms with Crippen LogP contribution in [-0.2, 0) is 4.79 Å². The second kappa shape index (κ2) is 6.03. The highest BCUT2D eigenvalue weighted by Crippen LogP contribution is 2.30. The van der Waals surface area contributed by atoms with Crippen LogP contribution in [0.5, 0.6) is 0 Å². The number of likely N-dealkylation sites (N-methyl/N-ethyl adjacent to an activating group) is 1. The maximum absolute atomic E-state index is 12.6. The summed E-state index contributed by atoms with van der Waals surface area (Å²) in [7, 11) is 2.00. The van der Waals surface area contributed by atoms with Crippen LogP contribution < -0.4 is 10.6 Å². The summed E-state index contributed by atoms with van der Waals surface area (Å²) in [5, 5.41) is 0. The van der Waals surface area contributed by atoms with Crippen molar-refractivity contribution in [2.24, 2.45) is 5.73 Å². The number of para-hydroxylation sites is 1. The fourth-order valence-corrected chi connectivity index (χ4v) is 3.02. The number of anilines is 1. The van der Waals surface area contributed by atoms with Crippen LogP contribution in [0.2, 0.25) is 0 Å². The van der Waals surface area contributed by atoms with Gasteiger partial charge in [-0.1, -0.05) is 12.1 Å². The minimum absolute atomic E-state index is 0.124. The average molecular weight is 326 g/mol. The molecule has 19 heavy (non-hydrogen) atoms. The molecule has 0 aromatic heterocycles. The maximum Gasteiger partial charge on any atom is 0.244 e. The van der Waals surface area contributed by atoms with Crippen LogP contribution in [0, 0.1) is 0 Å². The van der Waals surface area contributed by atoms with E-state index >= 15 is 0 Å². The molecule has 0 saturated carbocycles. The maximum atomic E-state index is 12.6. The number of carbonyl (C=O) groups excluding carboxylic acids is 1. The molecule has 0 bridgehead atoms. The van der Waals surface area contributed by atoms with Crippen molar-refractivity contribution in [2.75, 3.05) is 25.0 Å². The van der Waals surface area contributed by atoms with Crippen molar-refractivity contribution in [1.29, 1.82) is 0 Å². The van der Waals surface area contributed by atoms with Crippen molar-refractivity contribution in [1.82, 2.24) is 4.90 Å². The Morgan fingerprint density at radius 3 is 2.74 bits per heavy atom. The number of nitrogens with two attached hydrogens (primary N) is 1. The van der Waals surface area contributed by atoms with Crippen molar-refractivity contribution < 1.29 is 4.79 Å². The van der Waals surface area contributed by atoms with E-state index in [1.165, 1.54) is 0 Å². The molecule has 1 heterocycles. The van der Waals surface area contributed by atoms with Crippen molar-refractivity contribution >= 4 is 27.5 Å². The van der Waals surface area contributed by atoms with E-state index in [1.807, 2.05) is 36.2 Å². The Balaban J connectivity index is 2.31. The smallest absolute Gasteiger partial charge is 0.244 e. The highest BCUT2D eigenvalue weighted by atomic mass is 79.9. The molecule has 4 nitrogen and oxygen atoms in total. The molecule has 1 saturated heterocycles. The van der Waals surface area contributed by atoms with E-state index in [-0.39, 0.29) is 11.9 Å². The Bertz CT molecular complexity index is 466. The molecule has 2 unspecified atom stereocenters. The third-order valence-electron chi connectivity index (χ3n) is 3.77. The van der Waals surface area contributed by atoms with Gasteiger partial charge >= 0.3 is 0 Å². The third-order valence-corrected chi connectivity index (χ3v) is 4.44. The molecule has 1 fully saturated rings. The zero-order chi connectivity index (χ0) is 14.0. The van der Waals surface area contributed by atoms with E-state index in [4.69, 9.17) is 5.73 Å². The van der Waals surface area contributed by atoms with E-state index in [2.05, 4.69) is 27.8 Å². The van der Waals surface area contributed by atoms with E-state index < -0.39 is 0 Å². The molecular formula is C14H20BrN3O. The van der Waals surface area contributed by atoms with Gasteiger partial charge in [0.25, 0.3) is 0 Å². The number of nitrogens with zero attached hydrogens (tertiary/aromatic N) is 2. The van der Waals surface area contributed by atoms with Crippen LogP contribution in [0.1, 0.15) is 13.3 Å². The van der Waals surface area contributed by atoms with Crippen molar-refractivity contribution in [3.63, 3.8) is 0 Å². The first-order valence-corrected chi connectivity index (χ1v) is 7.33. The molecule has 2 rings (SSSR count). The van der Waals surface area contributed by atoms with Gasteiger partial charge in [0, 0.05) is 17.1 Å². The lowest BCUT2D eigenvalue weighted by Gasteiger charge is -2.43. The highest BCUT2D eigenvalue weighted by molar-refractivity contribution is 9.10. The monoisotopic (exact) mass is 325 g/mol. The summed E-state index contributed by atoms with van der Waals surface area (Å²) < 4.78 is 0.951. The van der Waals surface area contributed by atoms with Gasteiger partial charge in [0.1, 0.15) is 0 Å². The van der Waals surface area contributed by atoms with Gasteiger partial charge in [-0.05, 0) is 55.0 Å². The van der Waals surface area contributed by atoms with Crippen LogP contribution in [0.25, 0.3) is 0 Å². The minimum Gasteiger partial charge on any atom is -0.330 e. The zero-order valence-electron chi connectivity index (χ0n) is 11.3. The van der Waals surface area contributed by atoms with Gasteiger partial charge in [-0.15, -0.1) is 0 Å². The van der Waals surface area contributed by atoms with Crippen molar-refractivity contribution in [2.45, 2.75) is 25.4 Å². The molecule has 0 spiro atoms. The minimum atomic E-state index is -0.124. The summed E-state index contributed by atoms with van der Waals surface area (Å²) in [6, 6.07) is 8.04. The fourth-order valence-electron chi connectivity index (χ4n) is 2.52. The number of amides is 1. The number of rotatable bonds is 3. The van der Waals surface area contributed by atoms with Gasteiger partial charge in [-0.25, -0.2) is 0 Å². The number of benzene rings is 1. The summed E-state index contributed by atoms with van der Waals surface area (Å²) in [5.74, 6) is 0.137. The Morgan fingerprint density at radius 1 is 1.42 bits per heavy atom. The lowest BCUT2D eigenvalue weighted by Crippen LogP contribution is -2.60. The molecule has 1 aromatic rings. The lowest BCUT2D eigenvalue weighted by atomic mass is 10.0. The van der Waals surface area contributed by atoms with Gasteiger partial charge in [0.2, 0.25) is 5.91 Å². The Labute approximate surface area is 122 Å². The van der Waals surface area contributed by atoms with Crippen LogP contribution in [0.4, 0.5) is 5.69 Å². The first-order valence-electron chi connectivity index (χ1n) is 6.54. The second-order valence-corrected chi connectivity index (χ2v) is 5.86. The van der Waals surface area contributed by atoms with Crippen molar-refractivity contribution in [3.05, 3.63) is 28.7 Å². The SMILES string of the molecule is CC1CN(c2ccccc2Br)C(=O)C(CCN)N1C. The van der Waals surface area contributed by atoms with Crippen LogP contribution in [0.15, 0.2) is 28.7 Å². The summed E-state index contributed by atoms with van der Waals surface area (Å²) >= 11 is 3.52. The molecular weight excluding hydrogens is 306 g/mol. The zero-order valence-corrected chi connectivity index (χ0v) is 12.9. The summed E-state index contributed by atoms with van der Waals surface area (Å²) in [4.78, 5) is 16.6. The summed E-state index contributed by atoms with van der Waals surface area (Å²) in [6.07, 6.45) is 0.695. The van der Waals surface area contributed by atoms with Gasteiger partial charge in [0.05, 0.1) is 11.7 Å². The largest absolute Gasteiger partial charge is 0.330 e. The fraction of sp³-hybridized carbons (Fsp3) is 0.500. The van der Waals surface area contributed by atoms with Crippen LogP contribution in [-0.4, -0.2) is 43.0 Å². The summed E-state index contributed by atoms with van der Waals surface area (Å²) in [5.41, 5.74) is 6.58. The van der Waals surface area contributed by atoms with E-state index in [0.717, 1.165) is 10.2 Å². The molecule has 0 aliphatic carbocycles.